The Hall–Kier alpha value is -0.130. The Bertz CT molecular complexity index is 457. The zero-order valence-electron chi connectivity index (χ0n) is 12.5. The number of hydrogen-bond donors (Lipinski definition) is 1. The summed E-state index contributed by atoms with van der Waals surface area (Å²) in [6.07, 6.45) is -1.17. The van der Waals surface area contributed by atoms with E-state index in [1.165, 1.54) is 0 Å². The predicted octanol–water partition coefficient (Wildman–Crippen LogP) is -0.0615. The second kappa shape index (κ2) is 4.93. The highest BCUT2D eigenvalue weighted by molar-refractivity contribution is 7.77. The van der Waals surface area contributed by atoms with Gasteiger partial charge in [0.15, 0.2) is 11.6 Å². The van der Waals surface area contributed by atoms with Crippen LogP contribution in [0.1, 0.15) is 27.7 Å². The summed E-state index contributed by atoms with van der Waals surface area (Å²) >= 11 is -1.92. The zero-order chi connectivity index (χ0) is 15.5. The Balaban J connectivity index is 1.86. The average molecular weight is 323 g/mol. The van der Waals surface area contributed by atoms with Crippen LogP contribution in [0.3, 0.4) is 0 Å². The van der Waals surface area contributed by atoms with Crippen molar-refractivity contribution in [1.29, 1.82) is 0 Å². The molecule has 3 aliphatic heterocycles. The highest BCUT2D eigenvalue weighted by Crippen LogP contribution is 2.47. The molecule has 3 aliphatic rings. The molecule has 3 saturated heterocycles. The van der Waals surface area contributed by atoms with Crippen molar-refractivity contribution in [3.05, 3.63) is 0 Å². The van der Waals surface area contributed by atoms with Gasteiger partial charge in [0.2, 0.25) is 17.1 Å². The summed E-state index contributed by atoms with van der Waals surface area (Å²) in [4.78, 5) is 0. The van der Waals surface area contributed by atoms with Gasteiger partial charge in [0.1, 0.15) is 24.9 Å². The molecule has 122 valence electrons. The van der Waals surface area contributed by atoms with Crippen LogP contribution in [0.2, 0.25) is 0 Å². The zero-order valence-corrected chi connectivity index (χ0v) is 13.3. The van der Waals surface area contributed by atoms with Crippen LogP contribution in [0.15, 0.2) is 0 Å². The fourth-order valence-electron chi connectivity index (χ4n) is 3.09. The third-order valence-corrected chi connectivity index (χ3v) is 4.00. The van der Waals surface area contributed by atoms with E-state index in [0.717, 1.165) is 0 Å². The molecule has 3 rings (SSSR count). The van der Waals surface area contributed by atoms with E-state index in [2.05, 4.69) is 0 Å². The van der Waals surface area contributed by atoms with Gasteiger partial charge in [0, 0.05) is 0 Å². The average Bonchev–Trinajstić information content (AvgIpc) is 2.78. The van der Waals surface area contributed by atoms with E-state index in [9.17, 15) is 4.21 Å². The smallest absolute Gasteiger partial charge is 0.231 e. The second-order valence-electron chi connectivity index (χ2n) is 6.32. The van der Waals surface area contributed by atoms with Gasteiger partial charge >= 0.3 is 0 Å². The second-order valence-corrected chi connectivity index (χ2v) is 7.08. The van der Waals surface area contributed by atoms with Gasteiger partial charge in [-0.15, -0.1) is 0 Å². The maximum absolute atomic E-state index is 11.0. The van der Waals surface area contributed by atoms with E-state index >= 15 is 0 Å². The van der Waals surface area contributed by atoms with Gasteiger partial charge in [0.05, 0.1) is 6.61 Å². The minimum absolute atomic E-state index is 0.114. The lowest BCUT2D eigenvalue weighted by Crippen LogP contribution is -2.60. The third-order valence-electron chi connectivity index (χ3n) is 3.65. The lowest BCUT2D eigenvalue weighted by atomic mass is 9.98. The van der Waals surface area contributed by atoms with Crippen LogP contribution >= 0.6 is 0 Å². The monoisotopic (exact) mass is 323 g/mol. The van der Waals surface area contributed by atoms with E-state index in [1.54, 1.807) is 13.8 Å². The molecular formula is C12H21NO7S. The van der Waals surface area contributed by atoms with Crippen molar-refractivity contribution in [2.75, 3.05) is 13.2 Å². The molecule has 9 heteroatoms. The summed E-state index contributed by atoms with van der Waals surface area (Å²) < 4.78 is 45.4. The molecule has 0 aromatic rings. The van der Waals surface area contributed by atoms with Crippen LogP contribution < -0.4 is 5.14 Å². The largest absolute Gasteiger partial charge is 0.343 e. The van der Waals surface area contributed by atoms with Crippen LogP contribution in [-0.2, 0) is 39.1 Å². The quantitative estimate of drug-likeness (QED) is 0.776. The third kappa shape index (κ3) is 2.89. The molecule has 21 heavy (non-hydrogen) atoms. The summed E-state index contributed by atoms with van der Waals surface area (Å²) in [7, 11) is 0. The SMILES string of the molecule is CC1(C)OC2COC3(COS(N)=O)OC(C)(C)OC3C2O1. The van der Waals surface area contributed by atoms with E-state index in [4.69, 9.17) is 33.0 Å². The van der Waals surface area contributed by atoms with Gasteiger partial charge in [-0.3, -0.25) is 4.18 Å². The summed E-state index contributed by atoms with van der Waals surface area (Å²) in [5, 5.41) is 5.15. The first kappa shape index (κ1) is 15.8. The van der Waals surface area contributed by atoms with Crippen molar-refractivity contribution < 1.29 is 32.1 Å². The van der Waals surface area contributed by atoms with Crippen molar-refractivity contribution in [3.8, 4) is 0 Å². The first-order valence-electron chi connectivity index (χ1n) is 6.80. The van der Waals surface area contributed by atoms with Crippen molar-refractivity contribution in [2.24, 2.45) is 5.14 Å². The molecule has 0 spiro atoms. The van der Waals surface area contributed by atoms with Crippen molar-refractivity contribution in [3.63, 3.8) is 0 Å². The standard InChI is InChI=1S/C12H21NO7S/c1-10(2)17-7-5-15-12(6-16-21(13)14)9(8(7)18-10)19-11(3,4)20-12/h7-9H,5-6,13H2,1-4H3. The molecule has 5 unspecified atom stereocenters. The van der Waals surface area contributed by atoms with Gasteiger partial charge < -0.3 is 23.7 Å². The Morgan fingerprint density at radius 2 is 1.90 bits per heavy atom. The van der Waals surface area contributed by atoms with Crippen molar-refractivity contribution in [2.45, 2.75) is 63.4 Å². The fraction of sp³-hybridized carbons (Fsp3) is 1.00. The lowest BCUT2D eigenvalue weighted by Gasteiger charge is -2.40. The van der Waals surface area contributed by atoms with Crippen LogP contribution in [-0.4, -0.2) is 53.1 Å². The van der Waals surface area contributed by atoms with E-state index in [-0.39, 0.29) is 25.4 Å². The number of hydrogen-bond acceptors (Lipinski definition) is 7. The Kier molecular flexibility index (Phi) is 3.70. The highest BCUT2D eigenvalue weighted by atomic mass is 32.2. The minimum atomic E-state index is -1.92. The first-order valence-corrected chi connectivity index (χ1v) is 7.93. The molecule has 3 fully saturated rings. The summed E-state index contributed by atoms with van der Waals surface area (Å²) in [5.74, 6) is -2.80. The molecule has 0 aliphatic carbocycles. The molecule has 5 atom stereocenters. The molecular weight excluding hydrogens is 302 g/mol. The van der Waals surface area contributed by atoms with Gasteiger partial charge in [-0.1, -0.05) is 0 Å². The van der Waals surface area contributed by atoms with Gasteiger partial charge in [0.25, 0.3) is 0 Å². The summed E-state index contributed by atoms with van der Waals surface area (Å²) in [5.41, 5.74) is 0. The van der Waals surface area contributed by atoms with E-state index in [1.807, 2.05) is 13.8 Å². The van der Waals surface area contributed by atoms with Crippen molar-refractivity contribution >= 4 is 11.3 Å². The fourth-order valence-corrected chi connectivity index (χ4v) is 3.37. The van der Waals surface area contributed by atoms with Crippen LogP contribution in [0, 0.1) is 0 Å². The number of ether oxygens (including phenoxy) is 5. The van der Waals surface area contributed by atoms with E-state index < -0.39 is 34.7 Å². The van der Waals surface area contributed by atoms with Gasteiger partial charge in [-0.2, -0.15) is 0 Å². The Morgan fingerprint density at radius 3 is 2.57 bits per heavy atom. The van der Waals surface area contributed by atoms with E-state index in [0.29, 0.717) is 0 Å². The molecule has 2 N–H and O–H groups in total. The lowest BCUT2D eigenvalue weighted by molar-refractivity contribution is -0.290. The maximum Gasteiger partial charge on any atom is 0.231 e. The highest BCUT2D eigenvalue weighted by Gasteiger charge is 2.65. The molecule has 0 aromatic heterocycles. The molecule has 0 saturated carbocycles. The molecule has 0 radical (unpaired) electrons. The molecule has 0 amide bonds. The predicted molar refractivity (Wildman–Crippen MR) is 70.8 cm³/mol. The van der Waals surface area contributed by atoms with Crippen LogP contribution in [0.5, 0.6) is 0 Å². The molecule has 3 heterocycles. The molecule has 8 nitrogen and oxygen atoms in total. The van der Waals surface area contributed by atoms with Gasteiger partial charge in [-0.25, -0.2) is 9.35 Å². The van der Waals surface area contributed by atoms with Crippen LogP contribution in [0.25, 0.3) is 0 Å². The number of rotatable bonds is 3. The number of fused-ring (bicyclic) bond motifs is 3. The number of nitrogens with two attached hydrogens (primary N) is 1. The maximum atomic E-state index is 11.0. The summed E-state index contributed by atoms with van der Waals surface area (Å²) in [6, 6.07) is 0. The van der Waals surface area contributed by atoms with Gasteiger partial charge in [-0.05, 0) is 27.7 Å². The summed E-state index contributed by atoms with van der Waals surface area (Å²) in [6.45, 7) is 7.36. The first-order chi connectivity index (χ1) is 9.63. The Morgan fingerprint density at radius 1 is 1.19 bits per heavy atom. The molecule has 0 aromatic carbocycles. The minimum Gasteiger partial charge on any atom is -0.343 e. The molecule has 0 bridgehead atoms. The van der Waals surface area contributed by atoms with Crippen molar-refractivity contribution in [1.82, 2.24) is 0 Å². The Labute approximate surface area is 125 Å². The topological polar surface area (TPSA) is 98.5 Å². The normalized spacial score (nSPS) is 45.1. The van der Waals surface area contributed by atoms with Crippen LogP contribution in [0.4, 0.5) is 0 Å².